The molecule has 1 atom stereocenters. The lowest BCUT2D eigenvalue weighted by atomic mass is 10.1. The van der Waals surface area contributed by atoms with E-state index in [1.165, 1.54) is 0 Å². The Kier molecular flexibility index (Phi) is 4.39. The van der Waals surface area contributed by atoms with Crippen LogP contribution in [0, 0.1) is 0 Å². The molecule has 1 aromatic carbocycles. The van der Waals surface area contributed by atoms with Gasteiger partial charge in [0, 0.05) is 7.05 Å². The highest BCUT2D eigenvalue weighted by molar-refractivity contribution is 9.10. The average Bonchev–Trinajstić information content (AvgIpc) is 2.83. The van der Waals surface area contributed by atoms with E-state index in [-0.39, 0.29) is 5.91 Å². The summed E-state index contributed by atoms with van der Waals surface area (Å²) in [5.74, 6) is 0.571. The van der Waals surface area contributed by atoms with Crippen LogP contribution in [0.1, 0.15) is 17.4 Å². The Morgan fingerprint density at radius 2 is 2.00 bits per heavy atom. The summed E-state index contributed by atoms with van der Waals surface area (Å²) in [4.78, 5) is 13.8. The van der Waals surface area contributed by atoms with E-state index < -0.39 is 6.04 Å². The van der Waals surface area contributed by atoms with Gasteiger partial charge in [-0.1, -0.05) is 30.3 Å². The fourth-order valence-corrected chi connectivity index (χ4v) is 2.13. The van der Waals surface area contributed by atoms with Crippen LogP contribution in [-0.2, 0) is 11.3 Å². The number of benzene rings is 1. The Morgan fingerprint density at radius 1 is 1.32 bits per heavy atom. The molecule has 0 fully saturated rings. The maximum absolute atomic E-state index is 12.2. The normalized spacial score (nSPS) is 12.2. The van der Waals surface area contributed by atoms with Crippen molar-refractivity contribution in [3.05, 3.63) is 58.5 Å². The lowest BCUT2D eigenvalue weighted by Gasteiger charge is -2.20. The Morgan fingerprint density at radius 3 is 2.58 bits per heavy atom. The summed E-state index contributed by atoms with van der Waals surface area (Å²) in [5.41, 5.74) is 6.77. The molecule has 0 radical (unpaired) electrons. The van der Waals surface area contributed by atoms with Crippen LogP contribution in [0.2, 0.25) is 0 Å². The number of halogens is 1. The van der Waals surface area contributed by atoms with Crippen LogP contribution in [0.15, 0.2) is 51.6 Å². The third-order valence-electron chi connectivity index (χ3n) is 2.82. The molecule has 2 rings (SSSR count). The molecule has 5 heteroatoms. The van der Waals surface area contributed by atoms with E-state index in [9.17, 15) is 4.79 Å². The number of nitrogens with two attached hydrogens (primary N) is 1. The fraction of sp³-hybridized carbons (Fsp3) is 0.214. The van der Waals surface area contributed by atoms with Crippen molar-refractivity contribution in [2.24, 2.45) is 5.73 Å². The van der Waals surface area contributed by atoms with E-state index in [0.29, 0.717) is 17.0 Å². The summed E-state index contributed by atoms with van der Waals surface area (Å²) in [7, 11) is 1.71. The first kappa shape index (κ1) is 13.8. The van der Waals surface area contributed by atoms with Crippen molar-refractivity contribution in [3.8, 4) is 0 Å². The number of hydrogen-bond acceptors (Lipinski definition) is 3. The second-order valence-electron chi connectivity index (χ2n) is 4.29. The summed E-state index contributed by atoms with van der Waals surface area (Å²) in [6, 6.07) is 12.3. The molecular formula is C14H15BrN2O2. The molecule has 1 heterocycles. The molecule has 0 aliphatic rings. The monoisotopic (exact) mass is 322 g/mol. The smallest absolute Gasteiger partial charge is 0.244 e. The first-order valence-corrected chi connectivity index (χ1v) is 6.67. The van der Waals surface area contributed by atoms with Crippen molar-refractivity contribution in [3.63, 3.8) is 0 Å². The number of carbonyl (C=O) groups is 1. The number of furan rings is 1. The van der Waals surface area contributed by atoms with E-state index in [1.54, 1.807) is 18.0 Å². The van der Waals surface area contributed by atoms with Crippen LogP contribution >= 0.6 is 15.9 Å². The third kappa shape index (κ3) is 3.45. The number of amides is 1. The lowest BCUT2D eigenvalue weighted by molar-refractivity contribution is -0.132. The van der Waals surface area contributed by atoms with Crippen molar-refractivity contribution in [2.45, 2.75) is 12.6 Å². The Bertz CT molecular complexity index is 554. The van der Waals surface area contributed by atoms with Gasteiger partial charge in [-0.3, -0.25) is 4.79 Å². The van der Waals surface area contributed by atoms with Crippen molar-refractivity contribution >= 4 is 21.8 Å². The van der Waals surface area contributed by atoms with Gasteiger partial charge >= 0.3 is 0 Å². The SMILES string of the molecule is CN(Cc1ccc(Br)o1)C(=O)[C@@H](N)c1ccccc1. The minimum absolute atomic E-state index is 0.140. The molecule has 1 amide bonds. The van der Waals surface area contributed by atoms with Crippen LogP contribution in [0.3, 0.4) is 0 Å². The summed E-state index contributed by atoms with van der Waals surface area (Å²) in [5, 5.41) is 0. The van der Waals surface area contributed by atoms with Crippen LogP contribution in [0.5, 0.6) is 0 Å². The van der Waals surface area contributed by atoms with Gasteiger partial charge in [-0.05, 0) is 33.6 Å². The molecule has 1 aromatic heterocycles. The van der Waals surface area contributed by atoms with Gasteiger partial charge in [-0.25, -0.2) is 0 Å². The quantitative estimate of drug-likeness (QED) is 0.941. The fourth-order valence-electron chi connectivity index (χ4n) is 1.79. The van der Waals surface area contributed by atoms with Crippen molar-refractivity contribution in [1.82, 2.24) is 4.90 Å². The molecule has 100 valence electrons. The second-order valence-corrected chi connectivity index (χ2v) is 5.07. The molecule has 4 nitrogen and oxygen atoms in total. The number of likely N-dealkylation sites (N-methyl/N-ethyl adjacent to an activating group) is 1. The molecule has 2 aromatic rings. The molecule has 0 spiro atoms. The minimum atomic E-state index is -0.649. The van der Waals surface area contributed by atoms with Crippen molar-refractivity contribution in [1.29, 1.82) is 0 Å². The summed E-state index contributed by atoms with van der Waals surface area (Å²) >= 11 is 3.23. The predicted octanol–water partition coefficient (Wildman–Crippen LogP) is 2.70. The topological polar surface area (TPSA) is 59.5 Å². The third-order valence-corrected chi connectivity index (χ3v) is 3.25. The van der Waals surface area contributed by atoms with Crippen LogP contribution in [-0.4, -0.2) is 17.9 Å². The van der Waals surface area contributed by atoms with Gasteiger partial charge in [-0.15, -0.1) is 0 Å². The molecule has 0 saturated carbocycles. The highest BCUT2D eigenvalue weighted by atomic mass is 79.9. The zero-order valence-corrected chi connectivity index (χ0v) is 12.1. The first-order chi connectivity index (χ1) is 9.08. The van der Waals surface area contributed by atoms with E-state index in [1.807, 2.05) is 36.4 Å². The van der Waals surface area contributed by atoms with Crippen molar-refractivity contribution in [2.75, 3.05) is 7.05 Å². The number of nitrogens with zero attached hydrogens (tertiary/aromatic N) is 1. The van der Waals surface area contributed by atoms with Gasteiger partial charge in [0.1, 0.15) is 11.8 Å². The maximum Gasteiger partial charge on any atom is 0.244 e. The molecule has 19 heavy (non-hydrogen) atoms. The van der Waals surface area contributed by atoms with Gasteiger partial charge in [0.05, 0.1) is 6.54 Å². The molecular weight excluding hydrogens is 308 g/mol. The van der Waals surface area contributed by atoms with Gasteiger partial charge in [0.2, 0.25) is 5.91 Å². The molecule has 0 unspecified atom stereocenters. The van der Waals surface area contributed by atoms with Gasteiger partial charge in [0.25, 0.3) is 0 Å². The number of hydrogen-bond donors (Lipinski definition) is 1. The van der Waals surface area contributed by atoms with Gasteiger partial charge in [0.15, 0.2) is 4.67 Å². The Labute approximate surface area is 120 Å². The Hall–Kier alpha value is -1.59. The highest BCUT2D eigenvalue weighted by Crippen LogP contribution is 2.17. The number of rotatable bonds is 4. The standard InChI is InChI=1S/C14H15BrN2O2/c1-17(9-11-7-8-12(15)19-11)14(18)13(16)10-5-3-2-4-6-10/h2-8,13H,9,16H2,1H3/t13-/m0/s1. The highest BCUT2D eigenvalue weighted by Gasteiger charge is 2.20. The molecule has 0 bridgehead atoms. The molecule has 2 N–H and O–H groups in total. The maximum atomic E-state index is 12.2. The molecule has 0 saturated heterocycles. The summed E-state index contributed by atoms with van der Waals surface area (Å²) in [6.45, 7) is 0.394. The largest absolute Gasteiger partial charge is 0.452 e. The minimum Gasteiger partial charge on any atom is -0.452 e. The Balaban J connectivity index is 2.03. The molecule has 0 aliphatic carbocycles. The first-order valence-electron chi connectivity index (χ1n) is 5.87. The lowest BCUT2D eigenvalue weighted by Crippen LogP contribution is -2.35. The van der Waals surface area contributed by atoms with Crippen molar-refractivity contribution < 1.29 is 9.21 Å². The van der Waals surface area contributed by atoms with E-state index >= 15 is 0 Å². The van der Waals surface area contributed by atoms with E-state index in [4.69, 9.17) is 10.2 Å². The number of carbonyl (C=O) groups excluding carboxylic acids is 1. The summed E-state index contributed by atoms with van der Waals surface area (Å²) in [6.07, 6.45) is 0. The van der Waals surface area contributed by atoms with E-state index in [2.05, 4.69) is 15.9 Å². The van der Waals surface area contributed by atoms with Crippen LogP contribution < -0.4 is 5.73 Å². The zero-order valence-electron chi connectivity index (χ0n) is 10.5. The second kappa shape index (κ2) is 6.04. The van der Waals surface area contributed by atoms with Gasteiger partial charge < -0.3 is 15.1 Å². The van der Waals surface area contributed by atoms with Crippen LogP contribution in [0.25, 0.3) is 0 Å². The molecule has 0 aliphatic heterocycles. The average molecular weight is 323 g/mol. The summed E-state index contributed by atoms with van der Waals surface area (Å²) < 4.78 is 6.02. The zero-order chi connectivity index (χ0) is 13.8. The van der Waals surface area contributed by atoms with Crippen LogP contribution in [0.4, 0.5) is 0 Å². The van der Waals surface area contributed by atoms with E-state index in [0.717, 1.165) is 5.56 Å². The predicted molar refractivity (Wildman–Crippen MR) is 76.3 cm³/mol. The van der Waals surface area contributed by atoms with Gasteiger partial charge in [-0.2, -0.15) is 0 Å².